The first-order valence-corrected chi connectivity index (χ1v) is 7.06. The van der Waals surface area contributed by atoms with Crippen LogP contribution in [0.1, 0.15) is 51.9 Å². The van der Waals surface area contributed by atoms with E-state index in [9.17, 15) is 9.81 Å². The van der Waals surface area contributed by atoms with E-state index in [1.165, 1.54) is 15.9 Å². The highest BCUT2D eigenvalue weighted by Crippen LogP contribution is 2.25. The molecule has 96 valence electrons. The lowest BCUT2D eigenvalue weighted by atomic mass is 9.91. The molecule has 2 fully saturated rings. The van der Waals surface area contributed by atoms with Crippen LogP contribution in [0, 0.1) is 15.7 Å². The van der Waals surface area contributed by atoms with Crippen molar-refractivity contribution in [3.8, 4) is 0 Å². The molecule has 0 aliphatic carbocycles. The summed E-state index contributed by atoms with van der Waals surface area (Å²) in [5, 5.41) is 0. The van der Waals surface area contributed by atoms with Gasteiger partial charge in [-0.2, -0.15) is 0 Å². The standard InChI is InChI=1S/C13H24N2O2/c1-11(13-6-4-10-15(13)17)7-8-12-5-2-3-9-14(12)16/h11-13H,2-10H2,1H3/q+2. The summed E-state index contributed by atoms with van der Waals surface area (Å²) >= 11 is 0. The van der Waals surface area contributed by atoms with E-state index >= 15 is 0 Å². The summed E-state index contributed by atoms with van der Waals surface area (Å²) < 4.78 is 2.51. The van der Waals surface area contributed by atoms with E-state index in [1.807, 2.05) is 0 Å². The van der Waals surface area contributed by atoms with Crippen molar-refractivity contribution in [2.75, 3.05) is 13.1 Å². The maximum atomic E-state index is 11.6. The predicted octanol–water partition coefficient (Wildman–Crippen LogP) is 2.68. The van der Waals surface area contributed by atoms with Crippen LogP contribution in [0.15, 0.2) is 0 Å². The number of hydrogen-bond donors (Lipinski definition) is 0. The van der Waals surface area contributed by atoms with Crippen molar-refractivity contribution in [3.63, 3.8) is 0 Å². The summed E-state index contributed by atoms with van der Waals surface area (Å²) in [4.78, 5) is 23.2. The Morgan fingerprint density at radius 2 is 1.82 bits per heavy atom. The number of nitroso groups, excluding NO2 is 2. The van der Waals surface area contributed by atoms with E-state index in [0.29, 0.717) is 19.0 Å². The molecule has 2 saturated heterocycles. The summed E-state index contributed by atoms with van der Waals surface area (Å²) in [6.07, 6.45) is 7.34. The zero-order chi connectivity index (χ0) is 12.3. The van der Waals surface area contributed by atoms with Gasteiger partial charge < -0.3 is 0 Å². The third kappa shape index (κ3) is 3.11. The highest BCUT2D eigenvalue weighted by atomic mass is 16.3. The van der Waals surface area contributed by atoms with E-state index in [4.69, 9.17) is 0 Å². The molecule has 0 aromatic heterocycles. The van der Waals surface area contributed by atoms with E-state index in [1.54, 1.807) is 0 Å². The Labute approximate surface area is 103 Å². The van der Waals surface area contributed by atoms with Crippen LogP contribution in [0.2, 0.25) is 0 Å². The molecule has 2 rings (SSSR count). The molecule has 0 aromatic rings. The van der Waals surface area contributed by atoms with Crippen molar-refractivity contribution in [3.05, 3.63) is 9.81 Å². The van der Waals surface area contributed by atoms with Crippen LogP contribution < -0.4 is 0 Å². The molecule has 0 saturated carbocycles. The third-order valence-electron chi connectivity index (χ3n) is 4.43. The van der Waals surface area contributed by atoms with Crippen LogP contribution in [-0.2, 0) is 0 Å². The van der Waals surface area contributed by atoms with Gasteiger partial charge in [0.25, 0.3) is 0 Å². The zero-order valence-corrected chi connectivity index (χ0v) is 10.8. The van der Waals surface area contributed by atoms with Gasteiger partial charge in [0, 0.05) is 57.4 Å². The number of piperidine rings is 1. The zero-order valence-electron chi connectivity index (χ0n) is 10.8. The van der Waals surface area contributed by atoms with Gasteiger partial charge in [-0.3, -0.25) is 0 Å². The average molecular weight is 240 g/mol. The lowest BCUT2D eigenvalue weighted by molar-refractivity contribution is -0.597. The van der Waals surface area contributed by atoms with Crippen LogP contribution in [-0.4, -0.2) is 34.7 Å². The fourth-order valence-electron chi connectivity index (χ4n) is 3.24. The first kappa shape index (κ1) is 12.7. The van der Waals surface area contributed by atoms with E-state index in [0.717, 1.165) is 38.5 Å². The molecular weight excluding hydrogens is 216 g/mol. The van der Waals surface area contributed by atoms with Gasteiger partial charge in [0.1, 0.15) is 0 Å². The summed E-state index contributed by atoms with van der Waals surface area (Å²) in [5.74, 6) is 0.435. The molecule has 4 nitrogen and oxygen atoms in total. The molecule has 0 N–H and O–H groups in total. The van der Waals surface area contributed by atoms with Gasteiger partial charge in [-0.1, -0.05) is 6.92 Å². The summed E-state index contributed by atoms with van der Waals surface area (Å²) in [6, 6.07) is 0.423. The molecule has 17 heavy (non-hydrogen) atoms. The van der Waals surface area contributed by atoms with Crippen LogP contribution in [0.5, 0.6) is 0 Å². The van der Waals surface area contributed by atoms with Crippen molar-refractivity contribution < 1.29 is 9.52 Å². The van der Waals surface area contributed by atoms with E-state index in [-0.39, 0.29) is 12.1 Å². The van der Waals surface area contributed by atoms with Gasteiger partial charge in [0.15, 0.2) is 13.1 Å². The Kier molecular flexibility index (Phi) is 4.24. The molecule has 0 bridgehead atoms. The van der Waals surface area contributed by atoms with Crippen molar-refractivity contribution >= 4 is 0 Å². The second-order valence-electron chi connectivity index (χ2n) is 5.70. The normalized spacial score (nSPS) is 31.8. The maximum absolute atomic E-state index is 11.6. The molecule has 2 heterocycles. The van der Waals surface area contributed by atoms with Gasteiger partial charge >= 0.3 is 0 Å². The lowest BCUT2D eigenvalue weighted by Crippen LogP contribution is -2.31. The molecule has 3 unspecified atom stereocenters. The predicted molar refractivity (Wildman–Crippen MR) is 66.0 cm³/mol. The topological polar surface area (TPSA) is 40.2 Å². The van der Waals surface area contributed by atoms with Crippen LogP contribution in [0.25, 0.3) is 0 Å². The van der Waals surface area contributed by atoms with Gasteiger partial charge in [-0.05, 0) is 12.8 Å². The van der Waals surface area contributed by atoms with Crippen molar-refractivity contribution in [1.82, 2.24) is 0 Å². The molecule has 0 spiro atoms. The number of rotatable bonds is 4. The molecule has 3 atom stereocenters. The van der Waals surface area contributed by atoms with E-state index < -0.39 is 0 Å². The van der Waals surface area contributed by atoms with Gasteiger partial charge in [0.05, 0.1) is 0 Å². The Bertz CT molecular complexity index is 304. The second kappa shape index (κ2) is 5.69. The third-order valence-corrected chi connectivity index (χ3v) is 4.43. The number of nitrogens with zero attached hydrogens (tertiary/aromatic N) is 2. The van der Waals surface area contributed by atoms with Crippen molar-refractivity contribution in [2.45, 2.75) is 64.0 Å². The van der Waals surface area contributed by atoms with E-state index in [2.05, 4.69) is 6.92 Å². The summed E-state index contributed by atoms with van der Waals surface area (Å²) in [6.45, 7) is 3.57. The first-order chi connectivity index (χ1) is 8.18. The minimum atomic E-state index is 0.207. The van der Waals surface area contributed by atoms with Gasteiger partial charge in [-0.25, -0.2) is 0 Å². The van der Waals surface area contributed by atoms with Crippen LogP contribution in [0.3, 0.4) is 0 Å². The fraction of sp³-hybridized carbons (Fsp3) is 1.00. The van der Waals surface area contributed by atoms with Crippen LogP contribution >= 0.6 is 0 Å². The fourth-order valence-corrected chi connectivity index (χ4v) is 3.24. The molecule has 0 amide bonds. The molecule has 0 aromatic carbocycles. The van der Waals surface area contributed by atoms with Gasteiger partial charge in [0.2, 0.25) is 12.1 Å². The number of hydrogen-bond acceptors (Lipinski definition) is 2. The highest BCUT2D eigenvalue weighted by Gasteiger charge is 2.37. The Morgan fingerprint density at radius 1 is 1.06 bits per heavy atom. The molecule has 4 heteroatoms. The van der Waals surface area contributed by atoms with Crippen molar-refractivity contribution in [1.29, 1.82) is 0 Å². The Morgan fingerprint density at radius 3 is 2.47 bits per heavy atom. The molecule has 2 aliphatic rings. The first-order valence-electron chi connectivity index (χ1n) is 7.06. The minimum Gasteiger partial charge on any atom is -0.0560 e. The molecule has 2 aliphatic heterocycles. The monoisotopic (exact) mass is 240 g/mol. The SMILES string of the molecule is CC(CCC1CCCC[N+]1=O)C1CCC[N+]1=O. The second-order valence-corrected chi connectivity index (χ2v) is 5.70. The molecule has 0 radical (unpaired) electrons. The summed E-state index contributed by atoms with van der Waals surface area (Å²) in [5.41, 5.74) is 0. The highest BCUT2D eigenvalue weighted by molar-refractivity contribution is 4.72. The Balaban J connectivity index is 1.77. The Hall–Kier alpha value is -0.800. The molecular formula is C13H24N2O2+2. The smallest absolute Gasteiger partial charge is 0.0560 e. The van der Waals surface area contributed by atoms with Gasteiger partial charge in [-0.15, -0.1) is 0 Å². The van der Waals surface area contributed by atoms with Crippen molar-refractivity contribution in [2.24, 2.45) is 5.92 Å². The maximum Gasteiger partial charge on any atom is 0.204 e. The lowest BCUT2D eigenvalue weighted by Gasteiger charge is -2.17. The minimum absolute atomic E-state index is 0.207. The quantitative estimate of drug-likeness (QED) is 0.709. The largest absolute Gasteiger partial charge is 0.204 e. The average Bonchev–Trinajstić information content (AvgIpc) is 2.74. The van der Waals surface area contributed by atoms with Crippen LogP contribution in [0.4, 0.5) is 0 Å². The summed E-state index contributed by atoms with van der Waals surface area (Å²) in [7, 11) is 0.